The van der Waals surface area contributed by atoms with Crippen LogP contribution in [0.3, 0.4) is 0 Å². The zero-order valence-corrected chi connectivity index (χ0v) is 12.8. The average Bonchev–Trinajstić information content (AvgIpc) is 2.57. The van der Waals surface area contributed by atoms with Crippen LogP contribution in [-0.2, 0) is 0 Å². The van der Waals surface area contributed by atoms with Crippen LogP contribution < -0.4 is 10.2 Å². The maximum absolute atomic E-state index is 10.2. The minimum atomic E-state index is -0.542. The van der Waals surface area contributed by atoms with Crippen molar-refractivity contribution < 1.29 is 5.11 Å². The molecule has 0 aromatic carbocycles. The van der Waals surface area contributed by atoms with Gasteiger partial charge in [0.2, 0.25) is 5.95 Å². The number of aromatic nitrogens is 2. The van der Waals surface area contributed by atoms with Gasteiger partial charge in [-0.25, -0.2) is 4.98 Å². The summed E-state index contributed by atoms with van der Waals surface area (Å²) in [4.78, 5) is 11.3. The number of aryl methyl sites for hydroxylation is 1. The van der Waals surface area contributed by atoms with Gasteiger partial charge in [0.1, 0.15) is 5.82 Å². The number of nitrogens with zero attached hydrogens (tertiary/aromatic N) is 3. The third-order valence-corrected chi connectivity index (χ3v) is 3.76. The molecule has 0 bridgehead atoms. The first-order valence-corrected chi connectivity index (χ1v) is 7.57. The summed E-state index contributed by atoms with van der Waals surface area (Å²) in [5.41, 5.74) is 0.435. The molecule has 0 amide bonds. The van der Waals surface area contributed by atoms with Crippen LogP contribution in [0.1, 0.15) is 45.2 Å². The molecule has 1 aromatic heterocycles. The van der Waals surface area contributed by atoms with Crippen molar-refractivity contribution in [2.75, 3.05) is 29.9 Å². The predicted octanol–water partition coefficient (Wildman–Crippen LogP) is 2.35. The number of nitrogens with one attached hydrogen (secondary N) is 1. The summed E-state index contributed by atoms with van der Waals surface area (Å²) in [5.74, 6) is 1.67. The lowest BCUT2D eigenvalue weighted by molar-refractivity contribution is 0.0481. The Bertz CT molecular complexity index is 447. The van der Waals surface area contributed by atoms with E-state index in [1.165, 1.54) is 0 Å². The van der Waals surface area contributed by atoms with Crippen LogP contribution in [0.4, 0.5) is 11.8 Å². The molecule has 0 radical (unpaired) electrons. The molecule has 1 saturated heterocycles. The van der Waals surface area contributed by atoms with Gasteiger partial charge in [0, 0.05) is 31.4 Å². The number of hydrogen-bond donors (Lipinski definition) is 2. The average molecular weight is 278 g/mol. The second-order valence-corrected chi connectivity index (χ2v) is 5.96. The first kappa shape index (κ1) is 15.0. The molecular weight excluding hydrogens is 252 g/mol. The van der Waals surface area contributed by atoms with Gasteiger partial charge >= 0.3 is 0 Å². The minimum Gasteiger partial charge on any atom is -0.390 e. The second-order valence-electron chi connectivity index (χ2n) is 5.96. The van der Waals surface area contributed by atoms with Gasteiger partial charge in [-0.05, 0) is 39.5 Å². The molecule has 1 aromatic rings. The molecule has 1 aliphatic rings. The summed E-state index contributed by atoms with van der Waals surface area (Å²) < 4.78 is 0. The van der Waals surface area contributed by atoms with Gasteiger partial charge in [-0.1, -0.05) is 6.92 Å². The molecule has 2 rings (SSSR count). The topological polar surface area (TPSA) is 61.3 Å². The molecule has 0 spiro atoms. The van der Waals surface area contributed by atoms with Crippen LogP contribution in [0.15, 0.2) is 6.07 Å². The molecule has 112 valence electrons. The van der Waals surface area contributed by atoms with Gasteiger partial charge in [0.25, 0.3) is 0 Å². The van der Waals surface area contributed by atoms with E-state index in [4.69, 9.17) is 0 Å². The fourth-order valence-electron chi connectivity index (χ4n) is 2.52. The smallest absolute Gasteiger partial charge is 0.224 e. The number of anilines is 2. The first-order valence-electron chi connectivity index (χ1n) is 7.57. The van der Waals surface area contributed by atoms with E-state index in [-0.39, 0.29) is 0 Å². The highest BCUT2D eigenvalue weighted by Gasteiger charge is 2.25. The second kappa shape index (κ2) is 6.39. The maximum Gasteiger partial charge on any atom is 0.224 e. The lowest BCUT2D eigenvalue weighted by atomic mass is 9.98. The van der Waals surface area contributed by atoms with E-state index in [0.29, 0.717) is 5.95 Å². The zero-order valence-electron chi connectivity index (χ0n) is 12.8. The maximum atomic E-state index is 10.2. The summed E-state index contributed by atoms with van der Waals surface area (Å²) in [6.45, 7) is 8.72. The molecule has 20 heavy (non-hydrogen) atoms. The fourth-order valence-corrected chi connectivity index (χ4v) is 2.52. The summed E-state index contributed by atoms with van der Waals surface area (Å²) in [7, 11) is 0. The van der Waals surface area contributed by atoms with E-state index in [1.54, 1.807) is 0 Å². The van der Waals surface area contributed by atoms with E-state index in [0.717, 1.165) is 56.8 Å². The fraction of sp³-hybridized carbons (Fsp3) is 0.733. The summed E-state index contributed by atoms with van der Waals surface area (Å²) in [6.07, 6.45) is 3.69. The van der Waals surface area contributed by atoms with Gasteiger partial charge in [0.05, 0.1) is 5.60 Å². The molecule has 1 aliphatic heterocycles. The molecule has 1 atom stereocenters. The Morgan fingerprint density at radius 2 is 2.15 bits per heavy atom. The van der Waals surface area contributed by atoms with E-state index >= 15 is 0 Å². The van der Waals surface area contributed by atoms with Crippen molar-refractivity contribution in [3.05, 3.63) is 11.8 Å². The Kier molecular flexibility index (Phi) is 4.81. The summed E-state index contributed by atoms with van der Waals surface area (Å²) >= 11 is 0. The van der Waals surface area contributed by atoms with Crippen molar-refractivity contribution in [3.63, 3.8) is 0 Å². The van der Waals surface area contributed by atoms with Crippen LogP contribution in [-0.4, -0.2) is 40.3 Å². The van der Waals surface area contributed by atoms with Crippen LogP contribution in [0.25, 0.3) is 0 Å². The summed E-state index contributed by atoms with van der Waals surface area (Å²) in [5, 5.41) is 13.4. The normalized spacial score (nSPS) is 23.5. The van der Waals surface area contributed by atoms with Gasteiger partial charge in [-0.3, -0.25) is 0 Å². The van der Waals surface area contributed by atoms with E-state index in [9.17, 15) is 5.11 Å². The number of rotatable bonds is 4. The number of hydrogen-bond acceptors (Lipinski definition) is 5. The van der Waals surface area contributed by atoms with Crippen LogP contribution in [0, 0.1) is 6.92 Å². The monoisotopic (exact) mass is 278 g/mol. The summed E-state index contributed by atoms with van der Waals surface area (Å²) in [6, 6.07) is 2.02. The highest BCUT2D eigenvalue weighted by Crippen LogP contribution is 2.25. The third kappa shape index (κ3) is 4.07. The van der Waals surface area contributed by atoms with Crippen molar-refractivity contribution in [3.8, 4) is 0 Å². The zero-order chi connectivity index (χ0) is 14.6. The van der Waals surface area contributed by atoms with E-state index in [2.05, 4.69) is 27.1 Å². The number of aliphatic hydroxyl groups is 1. The minimum absolute atomic E-state index is 0.542. The molecule has 5 heteroatoms. The molecule has 0 aliphatic carbocycles. The van der Waals surface area contributed by atoms with Gasteiger partial charge in [-0.15, -0.1) is 0 Å². The Hall–Kier alpha value is -1.36. The lowest BCUT2D eigenvalue weighted by Gasteiger charge is -2.24. The molecule has 2 N–H and O–H groups in total. The lowest BCUT2D eigenvalue weighted by Crippen LogP contribution is -2.29. The standard InChI is InChI=1S/C15H26N4O/c1-4-8-16-14-17-12(2)11-13(18-14)19-9-5-6-15(3,20)7-10-19/h11,20H,4-10H2,1-3H3,(H,16,17,18). The van der Waals surface area contributed by atoms with Crippen molar-refractivity contribution in [2.24, 2.45) is 0 Å². The first-order chi connectivity index (χ1) is 9.50. The van der Waals surface area contributed by atoms with Crippen molar-refractivity contribution in [1.29, 1.82) is 0 Å². The van der Waals surface area contributed by atoms with Crippen molar-refractivity contribution >= 4 is 11.8 Å². The molecule has 2 heterocycles. The SMILES string of the molecule is CCCNc1nc(C)cc(N2CCCC(C)(O)CC2)n1. The van der Waals surface area contributed by atoms with E-state index in [1.807, 2.05) is 19.9 Å². The Labute approximate surface area is 121 Å². The molecule has 0 saturated carbocycles. The quantitative estimate of drug-likeness (QED) is 0.885. The molecule has 5 nitrogen and oxygen atoms in total. The van der Waals surface area contributed by atoms with Crippen LogP contribution in [0.2, 0.25) is 0 Å². The van der Waals surface area contributed by atoms with Gasteiger partial charge in [-0.2, -0.15) is 4.98 Å². The highest BCUT2D eigenvalue weighted by atomic mass is 16.3. The van der Waals surface area contributed by atoms with Crippen LogP contribution >= 0.6 is 0 Å². The molecule has 1 fully saturated rings. The van der Waals surface area contributed by atoms with Crippen molar-refractivity contribution in [1.82, 2.24) is 9.97 Å². The molecule has 1 unspecified atom stereocenters. The van der Waals surface area contributed by atoms with Gasteiger partial charge < -0.3 is 15.3 Å². The highest BCUT2D eigenvalue weighted by molar-refractivity contribution is 5.45. The van der Waals surface area contributed by atoms with Gasteiger partial charge in [0.15, 0.2) is 0 Å². The van der Waals surface area contributed by atoms with Crippen LogP contribution in [0.5, 0.6) is 0 Å². The third-order valence-electron chi connectivity index (χ3n) is 3.76. The largest absolute Gasteiger partial charge is 0.390 e. The molecular formula is C15H26N4O. The Morgan fingerprint density at radius 1 is 1.35 bits per heavy atom. The van der Waals surface area contributed by atoms with E-state index < -0.39 is 5.60 Å². The Balaban J connectivity index is 2.13. The van der Waals surface area contributed by atoms with Crippen molar-refractivity contribution in [2.45, 2.75) is 52.1 Å². The Morgan fingerprint density at radius 3 is 2.90 bits per heavy atom. The predicted molar refractivity (Wildman–Crippen MR) is 82.2 cm³/mol.